The smallest absolute Gasteiger partial charge is 0.339 e. The predicted octanol–water partition coefficient (Wildman–Crippen LogP) is 2.82. The molecule has 0 unspecified atom stereocenters. The van der Waals surface area contributed by atoms with Crippen LogP contribution in [-0.2, 0) is 0 Å². The number of anilines is 1. The van der Waals surface area contributed by atoms with Crippen molar-refractivity contribution in [3.05, 3.63) is 46.9 Å². The average molecular weight is 267 g/mol. The first kappa shape index (κ1) is 12.3. The van der Waals surface area contributed by atoms with Gasteiger partial charge in [0.2, 0.25) is 0 Å². The zero-order valence-electron chi connectivity index (χ0n) is 9.02. The number of carbonyl (C=O) groups is 1. The fraction of sp³-hybridized carbons (Fsp3) is 0. The predicted molar refractivity (Wildman–Crippen MR) is 66.0 cm³/mol. The molecule has 2 rings (SSSR count). The molecule has 2 aromatic rings. The summed E-state index contributed by atoms with van der Waals surface area (Å²) >= 11 is 5.66. The molecule has 18 heavy (non-hydrogen) atoms. The van der Waals surface area contributed by atoms with Crippen LogP contribution in [0.1, 0.15) is 10.4 Å². The van der Waals surface area contributed by atoms with Crippen LogP contribution in [0.4, 0.5) is 10.2 Å². The van der Waals surface area contributed by atoms with Gasteiger partial charge in [-0.1, -0.05) is 23.7 Å². The number of carboxylic acids is 1. The lowest BCUT2D eigenvalue weighted by molar-refractivity contribution is 0.0697. The van der Waals surface area contributed by atoms with Gasteiger partial charge >= 0.3 is 5.97 Å². The van der Waals surface area contributed by atoms with E-state index in [1.165, 1.54) is 24.4 Å². The van der Waals surface area contributed by atoms with E-state index < -0.39 is 11.8 Å². The number of hydrogen-bond acceptors (Lipinski definition) is 3. The number of benzene rings is 1. The van der Waals surface area contributed by atoms with Crippen LogP contribution in [0.15, 0.2) is 30.5 Å². The Bertz CT molecular complexity index is 631. The SMILES string of the molecule is Nc1ncc(-c2cccc(Cl)c2F)cc1C(=O)O. The van der Waals surface area contributed by atoms with Gasteiger partial charge in [-0.15, -0.1) is 0 Å². The molecule has 1 heterocycles. The molecule has 0 atom stereocenters. The van der Waals surface area contributed by atoms with E-state index >= 15 is 0 Å². The maximum atomic E-state index is 13.8. The molecule has 0 radical (unpaired) electrons. The highest BCUT2D eigenvalue weighted by Gasteiger charge is 2.14. The molecule has 3 N–H and O–H groups in total. The standard InChI is InChI=1S/C12H8ClFN2O2/c13-9-3-1-2-7(10(9)14)6-4-8(12(17)18)11(15)16-5-6/h1-5H,(H2,15,16)(H,17,18). The zero-order chi connectivity index (χ0) is 13.3. The number of nitrogens with two attached hydrogens (primary N) is 1. The summed E-state index contributed by atoms with van der Waals surface area (Å²) in [5, 5.41) is 8.88. The summed E-state index contributed by atoms with van der Waals surface area (Å²) in [6.45, 7) is 0. The van der Waals surface area contributed by atoms with E-state index in [1.807, 2.05) is 0 Å². The monoisotopic (exact) mass is 266 g/mol. The highest BCUT2D eigenvalue weighted by Crippen LogP contribution is 2.28. The second-order valence-electron chi connectivity index (χ2n) is 3.56. The molecule has 0 fully saturated rings. The second kappa shape index (κ2) is 4.62. The van der Waals surface area contributed by atoms with Gasteiger partial charge in [-0.3, -0.25) is 0 Å². The van der Waals surface area contributed by atoms with Crippen LogP contribution in [-0.4, -0.2) is 16.1 Å². The third-order valence-corrected chi connectivity index (χ3v) is 2.70. The quantitative estimate of drug-likeness (QED) is 0.876. The molecule has 0 aliphatic heterocycles. The minimum absolute atomic E-state index is 0.0406. The summed E-state index contributed by atoms with van der Waals surface area (Å²) in [4.78, 5) is 14.7. The molecule has 0 amide bonds. The Balaban J connectivity index is 2.62. The normalized spacial score (nSPS) is 10.3. The Morgan fingerprint density at radius 1 is 1.44 bits per heavy atom. The maximum absolute atomic E-state index is 13.8. The number of carboxylic acid groups (broad SMARTS) is 1. The number of pyridine rings is 1. The van der Waals surface area contributed by atoms with E-state index in [0.717, 1.165) is 0 Å². The average Bonchev–Trinajstić information content (AvgIpc) is 2.33. The van der Waals surface area contributed by atoms with Gasteiger partial charge < -0.3 is 10.8 Å². The topological polar surface area (TPSA) is 76.2 Å². The van der Waals surface area contributed by atoms with Gasteiger partial charge in [0.25, 0.3) is 0 Å². The fourth-order valence-electron chi connectivity index (χ4n) is 1.52. The highest BCUT2D eigenvalue weighted by molar-refractivity contribution is 6.31. The number of nitrogen functional groups attached to an aromatic ring is 1. The molecule has 4 nitrogen and oxygen atoms in total. The number of aromatic nitrogens is 1. The molecule has 1 aromatic heterocycles. The van der Waals surface area contributed by atoms with Crippen molar-refractivity contribution in [1.82, 2.24) is 4.98 Å². The van der Waals surface area contributed by atoms with Crippen LogP contribution in [0.5, 0.6) is 0 Å². The highest BCUT2D eigenvalue weighted by atomic mass is 35.5. The second-order valence-corrected chi connectivity index (χ2v) is 3.97. The van der Waals surface area contributed by atoms with Gasteiger partial charge in [-0.2, -0.15) is 0 Å². The molecule has 0 bridgehead atoms. The van der Waals surface area contributed by atoms with Crippen LogP contribution in [0.2, 0.25) is 5.02 Å². The number of nitrogens with zero attached hydrogens (tertiary/aromatic N) is 1. The molecule has 0 aliphatic carbocycles. The third kappa shape index (κ3) is 2.12. The molecule has 6 heteroatoms. The lowest BCUT2D eigenvalue weighted by atomic mass is 10.0. The summed E-state index contributed by atoms with van der Waals surface area (Å²) in [7, 11) is 0. The number of hydrogen-bond donors (Lipinski definition) is 2. The van der Waals surface area contributed by atoms with E-state index in [-0.39, 0.29) is 22.0 Å². The van der Waals surface area contributed by atoms with E-state index in [4.69, 9.17) is 22.4 Å². The Morgan fingerprint density at radius 2 is 2.17 bits per heavy atom. The van der Waals surface area contributed by atoms with Gasteiger partial charge in [0, 0.05) is 17.3 Å². The van der Waals surface area contributed by atoms with Crippen LogP contribution in [0.3, 0.4) is 0 Å². The van der Waals surface area contributed by atoms with Crippen molar-refractivity contribution in [2.45, 2.75) is 0 Å². The van der Waals surface area contributed by atoms with Crippen molar-refractivity contribution in [2.24, 2.45) is 0 Å². The third-order valence-electron chi connectivity index (χ3n) is 2.41. The molecular weight excluding hydrogens is 259 g/mol. The van der Waals surface area contributed by atoms with Gasteiger partial charge in [0.1, 0.15) is 17.2 Å². The zero-order valence-corrected chi connectivity index (χ0v) is 9.78. The van der Waals surface area contributed by atoms with Crippen LogP contribution >= 0.6 is 11.6 Å². The lowest BCUT2D eigenvalue weighted by Gasteiger charge is -2.06. The first-order chi connectivity index (χ1) is 8.50. The maximum Gasteiger partial charge on any atom is 0.339 e. The summed E-state index contributed by atoms with van der Waals surface area (Å²) < 4.78 is 13.8. The van der Waals surface area contributed by atoms with Gasteiger partial charge in [0.05, 0.1) is 5.02 Å². The molecule has 1 aromatic carbocycles. The first-order valence-electron chi connectivity index (χ1n) is 4.94. The number of rotatable bonds is 2. The summed E-state index contributed by atoms with van der Waals surface area (Å²) in [6.07, 6.45) is 1.30. The summed E-state index contributed by atoms with van der Waals surface area (Å²) in [5.41, 5.74) is 5.74. The summed E-state index contributed by atoms with van der Waals surface area (Å²) in [5.74, 6) is -1.96. The van der Waals surface area contributed by atoms with E-state index in [1.54, 1.807) is 6.07 Å². The van der Waals surface area contributed by atoms with Gasteiger partial charge in [0.15, 0.2) is 0 Å². The van der Waals surface area contributed by atoms with Crippen molar-refractivity contribution in [1.29, 1.82) is 0 Å². The Morgan fingerprint density at radius 3 is 2.83 bits per heavy atom. The Labute approximate surface area is 107 Å². The van der Waals surface area contributed by atoms with E-state index in [0.29, 0.717) is 5.56 Å². The number of halogens is 2. The van der Waals surface area contributed by atoms with E-state index in [2.05, 4.69) is 4.98 Å². The van der Waals surface area contributed by atoms with Gasteiger partial charge in [-0.05, 0) is 12.1 Å². The fourth-order valence-corrected chi connectivity index (χ4v) is 1.70. The summed E-state index contributed by atoms with van der Waals surface area (Å²) in [6, 6.07) is 5.72. The molecule has 0 spiro atoms. The molecule has 0 saturated heterocycles. The number of aromatic carboxylic acids is 1. The molecule has 0 aliphatic rings. The minimum atomic E-state index is -1.22. The minimum Gasteiger partial charge on any atom is -0.478 e. The van der Waals surface area contributed by atoms with Crippen molar-refractivity contribution < 1.29 is 14.3 Å². The Hall–Kier alpha value is -2.14. The van der Waals surface area contributed by atoms with Crippen molar-refractivity contribution in [3.8, 4) is 11.1 Å². The first-order valence-corrected chi connectivity index (χ1v) is 5.31. The van der Waals surface area contributed by atoms with Gasteiger partial charge in [-0.25, -0.2) is 14.2 Å². The molecule has 0 saturated carbocycles. The van der Waals surface area contributed by atoms with Crippen LogP contribution in [0.25, 0.3) is 11.1 Å². The van der Waals surface area contributed by atoms with Crippen molar-refractivity contribution in [3.63, 3.8) is 0 Å². The van der Waals surface area contributed by atoms with Crippen LogP contribution < -0.4 is 5.73 Å². The van der Waals surface area contributed by atoms with Crippen molar-refractivity contribution >= 4 is 23.4 Å². The van der Waals surface area contributed by atoms with Crippen LogP contribution in [0, 0.1) is 5.82 Å². The largest absolute Gasteiger partial charge is 0.478 e. The lowest BCUT2D eigenvalue weighted by Crippen LogP contribution is -2.04. The van der Waals surface area contributed by atoms with Crippen molar-refractivity contribution in [2.75, 3.05) is 5.73 Å². The Kier molecular flexibility index (Phi) is 3.16. The van der Waals surface area contributed by atoms with E-state index in [9.17, 15) is 9.18 Å². The molecule has 92 valence electrons. The molecular formula is C12H8ClFN2O2.